The van der Waals surface area contributed by atoms with E-state index < -0.39 is 12.1 Å². The highest BCUT2D eigenvalue weighted by Crippen LogP contribution is 2.34. The number of carbonyl (C=O) groups is 1. The van der Waals surface area contributed by atoms with Crippen LogP contribution < -0.4 is 0 Å². The van der Waals surface area contributed by atoms with Crippen LogP contribution in [0, 0.1) is 0 Å². The number of benzene rings is 2. The topological polar surface area (TPSA) is 55.8 Å². The molecule has 0 radical (unpaired) electrons. The molecule has 0 amide bonds. The van der Waals surface area contributed by atoms with Gasteiger partial charge in [0, 0.05) is 12.7 Å². The predicted octanol–water partition coefficient (Wildman–Crippen LogP) is 2.41. The molecule has 0 saturated carbocycles. The zero-order valence-electron chi connectivity index (χ0n) is 10.2. The van der Waals surface area contributed by atoms with Crippen LogP contribution in [-0.2, 0) is 14.3 Å². The van der Waals surface area contributed by atoms with Crippen molar-refractivity contribution in [2.45, 2.75) is 6.10 Å². The third-order valence-corrected chi connectivity index (χ3v) is 2.86. The van der Waals surface area contributed by atoms with Crippen molar-refractivity contribution < 1.29 is 19.4 Å². The van der Waals surface area contributed by atoms with E-state index in [4.69, 9.17) is 4.74 Å². The Morgan fingerprint density at radius 3 is 2.56 bits per heavy atom. The van der Waals surface area contributed by atoms with Gasteiger partial charge in [-0.2, -0.15) is 0 Å². The molecule has 0 aromatic heterocycles. The second-order valence-electron chi connectivity index (χ2n) is 3.86. The molecule has 0 aliphatic carbocycles. The normalized spacial score (nSPS) is 12.3. The Balaban J connectivity index is 2.67. The third kappa shape index (κ3) is 2.02. The second kappa shape index (κ2) is 5.06. The summed E-state index contributed by atoms with van der Waals surface area (Å²) in [5, 5.41) is 11.7. The quantitative estimate of drug-likeness (QED) is 0.845. The summed E-state index contributed by atoms with van der Waals surface area (Å²) < 4.78 is 9.83. The maximum absolute atomic E-state index is 11.7. The minimum absolute atomic E-state index is 0.0194. The Morgan fingerprint density at radius 1 is 1.17 bits per heavy atom. The van der Waals surface area contributed by atoms with Gasteiger partial charge in [-0.1, -0.05) is 30.3 Å². The minimum atomic E-state index is -0.930. The van der Waals surface area contributed by atoms with Crippen molar-refractivity contribution in [3.05, 3.63) is 42.0 Å². The molecule has 2 aromatic carbocycles. The number of rotatable bonds is 3. The first kappa shape index (κ1) is 12.4. The van der Waals surface area contributed by atoms with Crippen LogP contribution in [0.3, 0.4) is 0 Å². The van der Waals surface area contributed by atoms with Crippen LogP contribution in [0.4, 0.5) is 0 Å². The average Bonchev–Trinajstić information content (AvgIpc) is 2.41. The van der Waals surface area contributed by atoms with Crippen LogP contribution in [0.2, 0.25) is 0 Å². The lowest BCUT2D eigenvalue weighted by atomic mass is 9.99. The SMILES string of the molecule is COC(=O)[C@H](OC)c1c(O)ccc2ccccc12. The summed E-state index contributed by atoms with van der Waals surface area (Å²) in [6.45, 7) is 0. The summed E-state index contributed by atoms with van der Waals surface area (Å²) in [6, 6.07) is 10.8. The van der Waals surface area contributed by atoms with Crippen molar-refractivity contribution >= 4 is 16.7 Å². The van der Waals surface area contributed by atoms with Crippen LogP contribution in [0.5, 0.6) is 5.75 Å². The van der Waals surface area contributed by atoms with E-state index in [1.165, 1.54) is 14.2 Å². The van der Waals surface area contributed by atoms with Gasteiger partial charge in [0.25, 0.3) is 0 Å². The molecule has 0 aliphatic rings. The molecule has 0 fully saturated rings. The largest absolute Gasteiger partial charge is 0.508 e. The van der Waals surface area contributed by atoms with Crippen molar-refractivity contribution in [3.8, 4) is 5.75 Å². The van der Waals surface area contributed by atoms with Crippen molar-refractivity contribution in [2.75, 3.05) is 14.2 Å². The van der Waals surface area contributed by atoms with Crippen molar-refractivity contribution in [2.24, 2.45) is 0 Å². The van der Waals surface area contributed by atoms with E-state index in [9.17, 15) is 9.90 Å². The lowest BCUT2D eigenvalue weighted by Crippen LogP contribution is -2.16. The zero-order valence-corrected chi connectivity index (χ0v) is 10.2. The van der Waals surface area contributed by atoms with Gasteiger partial charge in [0.1, 0.15) is 5.75 Å². The number of hydrogen-bond acceptors (Lipinski definition) is 4. The fourth-order valence-corrected chi connectivity index (χ4v) is 2.00. The number of aromatic hydroxyl groups is 1. The lowest BCUT2D eigenvalue weighted by Gasteiger charge is -2.16. The Kier molecular flexibility index (Phi) is 3.48. The average molecular weight is 246 g/mol. The predicted molar refractivity (Wildman–Crippen MR) is 67.4 cm³/mol. The molecule has 0 unspecified atom stereocenters. The Labute approximate surface area is 105 Å². The Bertz CT molecular complexity index is 577. The standard InChI is InChI=1S/C14H14O4/c1-17-13(14(16)18-2)12-10-6-4-3-5-9(10)7-8-11(12)15/h3-8,13,15H,1-2H3/t13-/m1/s1. The van der Waals surface area contributed by atoms with E-state index in [2.05, 4.69) is 4.74 Å². The zero-order chi connectivity index (χ0) is 13.1. The number of esters is 1. The van der Waals surface area contributed by atoms with Gasteiger partial charge in [-0.05, 0) is 16.8 Å². The molecule has 18 heavy (non-hydrogen) atoms. The maximum Gasteiger partial charge on any atom is 0.339 e. The molecule has 0 aliphatic heterocycles. The number of hydrogen-bond donors (Lipinski definition) is 1. The van der Waals surface area contributed by atoms with Gasteiger partial charge in [0.05, 0.1) is 7.11 Å². The fourth-order valence-electron chi connectivity index (χ4n) is 2.00. The molecule has 2 aromatic rings. The summed E-state index contributed by atoms with van der Waals surface area (Å²) in [7, 11) is 2.69. The molecule has 1 N–H and O–H groups in total. The highest BCUT2D eigenvalue weighted by molar-refractivity contribution is 5.92. The number of ether oxygens (including phenoxy) is 2. The molecule has 4 nitrogen and oxygen atoms in total. The second-order valence-corrected chi connectivity index (χ2v) is 3.86. The van der Waals surface area contributed by atoms with Crippen LogP contribution in [0.15, 0.2) is 36.4 Å². The van der Waals surface area contributed by atoms with Gasteiger partial charge in [-0.15, -0.1) is 0 Å². The molecule has 0 heterocycles. The van der Waals surface area contributed by atoms with Gasteiger partial charge < -0.3 is 14.6 Å². The van der Waals surface area contributed by atoms with E-state index >= 15 is 0 Å². The molecule has 2 rings (SSSR count). The maximum atomic E-state index is 11.7. The lowest BCUT2D eigenvalue weighted by molar-refractivity contribution is -0.152. The van der Waals surface area contributed by atoms with Crippen molar-refractivity contribution in [1.29, 1.82) is 0 Å². The molecular weight excluding hydrogens is 232 g/mol. The summed E-state index contributed by atoms with van der Waals surface area (Å²) in [6.07, 6.45) is -0.930. The van der Waals surface area contributed by atoms with Crippen LogP contribution in [0.1, 0.15) is 11.7 Å². The first-order chi connectivity index (χ1) is 8.69. The van der Waals surface area contributed by atoms with E-state index in [1.807, 2.05) is 24.3 Å². The highest BCUT2D eigenvalue weighted by Gasteiger charge is 2.25. The van der Waals surface area contributed by atoms with Gasteiger partial charge >= 0.3 is 5.97 Å². The van der Waals surface area contributed by atoms with Gasteiger partial charge in [-0.3, -0.25) is 0 Å². The summed E-state index contributed by atoms with van der Waals surface area (Å²) in [5.41, 5.74) is 0.433. The minimum Gasteiger partial charge on any atom is -0.508 e. The van der Waals surface area contributed by atoms with E-state index in [0.29, 0.717) is 5.56 Å². The van der Waals surface area contributed by atoms with Crippen molar-refractivity contribution in [1.82, 2.24) is 0 Å². The Hall–Kier alpha value is -2.07. The third-order valence-electron chi connectivity index (χ3n) is 2.86. The van der Waals surface area contributed by atoms with Gasteiger partial charge in [-0.25, -0.2) is 4.79 Å². The summed E-state index contributed by atoms with van der Waals surface area (Å²) in [5.74, 6) is -0.518. The van der Waals surface area contributed by atoms with E-state index in [0.717, 1.165) is 10.8 Å². The highest BCUT2D eigenvalue weighted by atomic mass is 16.6. The molecule has 0 spiro atoms. The monoisotopic (exact) mass is 246 g/mol. The van der Waals surface area contributed by atoms with E-state index in [1.54, 1.807) is 12.1 Å². The fraction of sp³-hybridized carbons (Fsp3) is 0.214. The number of phenols is 1. The smallest absolute Gasteiger partial charge is 0.339 e. The van der Waals surface area contributed by atoms with Crippen LogP contribution >= 0.6 is 0 Å². The molecule has 94 valence electrons. The molecule has 1 atom stereocenters. The van der Waals surface area contributed by atoms with Crippen molar-refractivity contribution in [3.63, 3.8) is 0 Å². The molecule has 4 heteroatoms. The van der Waals surface area contributed by atoms with E-state index in [-0.39, 0.29) is 5.75 Å². The molecular formula is C14H14O4. The number of fused-ring (bicyclic) bond motifs is 1. The van der Waals surface area contributed by atoms with Crippen LogP contribution in [-0.4, -0.2) is 25.3 Å². The summed E-state index contributed by atoms with van der Waals surface area (Å²) in [4.78, 5) is 11.7. The van der Waals surface area contributed by atoms with Gasteiger partial charge in [0.2, 0.25) is 0 Å². The molecule has 0 bridgehead atoms. The first-order valence-electron chi connectivity index (χ1n) is 5.50. The van der Waals surface area contributed by atoms with Crippen LogP contribution in [0.25, 0.3) is 10.8 Å². The number of phenolic OH excluding ortho intramolecular Hbond substituents is 1. The Morgan fingerprint density at radius 2 is 1.89 bits per heavy atom. The summed E-state index contributed by atoms with van der Waals surface area (Å²) >= 11 is 0. The first-order valence-corrected chi connectivity index (χ1v) is 5.50. The van der Waals surface area contributed by atoms with Gasteiger partial charge in [0.15, 0.2) is 6.10 Å². The molecule has 0 saturated heterocycles. The number of methoxy groups -OCH3 is 2. The number of carbonyl (C=O) groups excluding carboxylic acids is 1.